The Hall–Kier alpha value is -3.23. The Morgan fingerprint density at radius 1 is 0.971 bits per heavy atom. The number of aliphatic carboxylic acids is 1. The van der Waals surface area contributed by atoms with Gasteiger partial charge in [-0.05, 0) is 28.8 Å². The number of amides is 2. The van der Waals surface area contributed by atoms with Crippen molar-refractivity contribution in [3.05, 3.63) is 90.5 Å². The van der Waals surface area contributed by atoms with Crippen LogP contribution in [0.4, 0.5) is 0 Å². The van der Waals surface area contributed by atoms with Crippen molar-refractivity contribution in [3.63, 3.8) is 0 Å². The first-order valence-corrected chi connectivity index (χ1v) is 13.1. The van der Waals surface area contributed by atoms with E-state index in [1.807, 2.05) is 84.9 Å². The fourth-order valence-corrected chi connectivity index (χ4v) is 7.21. The Labute approximate surface area is 212 Å². The zero-order chi connectivity index (χ0) is 24.4. The van der Waals surface area contributed by atoms with Crippen LogP contribution in [0.25, 0.3) is 11.1 Å². The minimum atomic E-state index is -1.15. The monoisotopic (exact) mass is 504 g/mol. The van der Waals surface area contributed by atoms with E-state index >= 15 is 0 Å². The summed E-state index contributed by atoms with van der Waals surface area (Å²) in [6, 6.07) is 26.6. The summed E-state index contributed by atoms with van der Waals surface area (Å²) in [6.07, 6.45) is 0.204. The largest absolute Gasteiger partial charge is 0.480 e. The van der Waals surface area contributed by atoms with E-state index < -0.39 is 16.8 Å². The van der Waals surface area contributed by atoms with E-state index in [2.05, 4.69) is 5.32 Å². The number of rotatable bonds is 7. The van der Waals surface area contributed by atoms with Crippen LogP contribution in [0.2, 0.25) is 0 Å². The number of benzene rings is 3. The summed E-state index contributed by atoms with van der Waals surface area (Å²) < 4.78 is -1.15. The molecule has 8 heteroatoms. The van der Waals surface area contributed by atoms with E-state index in [0.717, 1.165) is 21.6 Å². The predicted octanol–water partition coefficient (Wildman–Crippen LogP) is 3.91. The normalized spacial score (nSPS) is 23.2. The van der Waals surface area contributed by atoms with Crippen molar-refractivity contribution in [1.82, 2.24) is 10.2 Å². The molecule has 2 heterocycles. The topological polar surface area (TPSA) is 86.7 Å². The van der Waals surface area contributed by atoms with E-state index in [-0.39, 0.29) is 30.2 Å². The third-order valence-corrected chi connectivity index (χ3v) is 9.30. The molecule has 2 amide bonds. The first kappa shape index (κ1) is 23.5. The Morgan fingerprint density at radius 2 is 1.60 bits per heavy atom. The molecule has 0 saturated carbocycles. The number of β-lactam (4-membered cyclic amide) rings is 1. The minimum Gasteiger partial charge on any atom is -0.480 e. The number of thioether (sulfide) groups is 2. The molecule has 5 rings (SSSR count). The van der Waals surface area contributed by atoms with Crippen LogP contribution in [-0.4, -0.2) is 56.3 Å². The molecule has 3 aromatic carbocycles. The number of hydrogen-bond donors (Lipinski definition) is 2. The molecule has 2 fully saturated rings. The highest BCUT2D eigenvalue weighted by atomic mass is 32.2. The van der Waals surface area contributed by atoms with Crippen LogP contribution in [0.5, 0.6) is 0 Å². The Morgan fingerprint density at radius 3 is 2.26 bits per heavy atom. The number of fused-ring (bicyclic) bond motifs is 1. The van der Waals surface area contributed by atoms with Gasteiger partial charge in [0.05, 0.1) is 6.42 Å². The number of carboxylic acid groups (broad SMARTS) is 1. The van der Waals surface area contributed by atoms with Crippen molar-refractivity contribution < 1.29 is 19.5 Å². The van der Waals surface area contributed by atoms with Crippen molar-refractivity contribution >= 4 is 41.3 Å². The second-order valence-corrected chi connectivity index (χ2v) is 11.2. The van der Waals surface area contributed by atoms with Crippen LogP contribution in [0.3, 0.4) is 0 Å². The van der Waals surface area contributed by atoms with Crippen LogP contribution < -0.4 is 5.32 Å². The molecule has 3 atom stereocenters. The zero-order valence-electron chi connectivity index (χ0n) is 18.8. The van der Waals surface area contributed by atoms with E-state index in [4.69, 9.17) is 0 Å². The van der Waals surface area contributed by atoms with Crippen LogP contribution >= 0.6 is 23.5 Å². The van der Waals surface area contributed by atoms with Crippen molar-refractivity contribution in [2.45, 2.75) is 27.5 Å². The molecule has 2 unspecified atom stereocenters. The van der Waals surface area contributed by atoms with Crippen molar-refractivity contribution in [3.8, 4) is 11.1 Å². The molecule has 0 aliphatic carbocycles. The maximum absolute atomic E-state index is 12.8. The first-order valence-electron chi connectivity index (χ1n) is 11.3. The van der Waals surface area contributed by atoms with Gasteiger partial charge in [0.2, 0.25) is 11.8 Å². The van der Waals surface area contributed by atoms with Gasteiger partial charge < -0.3 is 15.3 Å². The summed E-state index contributed by atoms with van der Waals surface area (Å²) in [7, 11) is 0. The van der Waals surface area contributed by atoms with Gasteiger partial charge in [0.1, 0.15) is 16.2 Å². The second-order valence-electron chi connectivity index (χ2n) is 8.67. The number of nitrogens with one attached hydrogen (secondary N) is 1. The molecule has 3 aromatic rings. The standard InChI is InChI=1S/C27H24N2O4S2/c30-22(15-18-7-3-1-4-8-18)28-23-24(31)29-16-27(26(32)33,17-34-25(23)29)35-21-13-11-20(12-14-21)19-9-5-2-6-10-19/h1-14,23,25H,15-17H2,(H,28,30)(H,32,33)/t23?,25-,27?/m1/s1. The van der Waals surface area contributed by atoms with Gasteiger partial charge in [0, 0.05) is 17.2 Å². The van der Waals surface area contributed by atoms with Gasteiger partial charge in [0.25, 0.3) is 0 Å². The number of carbonyl (C=O) groups is 3. The number of carbonyl (C=O) groups excluding carboxylic acids is 2. The summed E-state index contributed by atoms with van der Waals surface area (Å²) in [6.45, 7) is 0.106. The summed E-state index contributed by atoms with van der Waals surface area (Å²) in [5, 5.41) is 12.7. The highest BCUT2D eigenvalue weighted by molar-refractivity contribution is 8.05. The molecule has 35 heavy (non-hydrogen) atoms. The molecule has 0 spiro atoms. The van der Waals surface area contributed by atoms with Gasteiger partial charge >= 0.3 is 5.97 Å². The average molecular weight is 505 g/mol. The maximum atomic E-state index is 12.8. The third-order valence-electron chi connectivity index (χ3n) is 6.24. The minimum absolute atomic E-state index is 0.106. The highest BCUT2D eigenvalue weighted by Crippen LogP contribution is 2.46. The maximum Gasteiger partial charge on any atom is 0.322 e. The van der Waals surface area contributed by atoms with Gasteiger partial charge in [-0.2, -0.15) is 0 Å². The Balaban J connectivity index is 1.24. The van der Waals surface area contributed by atoms with E-state index in [0.29, 0.717) is 5.75 Å². The summed E-state index contributed by atoms with van der Waals surface area (Å²) in [5.74, 6) is -1.04. The highest BCUT2D eigenvalue weighted by Gasteiger charge is 2.57. The molecule has 178 valence electrons. The second kappa shape index (κ2) is 9.79. The zero-order valence-corrected chi connectivity index (χ0v) is 20.4. The van der Waals surface area contributed by atoms with Crippen molar-refractivity contribution in [2.75, 3.05) is 12.3 Å². The van der Waals surface area contributed by atoms with E-state index in [1.54, 1.807) is 4.90 Å². The predicted molar refractivity (Wildman–Crippen MR) is 138 cm³/mol. The summed E-state index contributed by atoms with van der Waals surface area (Å²) in [4.78, 5) is 40.1. The smallest absolute Gasteiger partial charge is 0.322 e. The van der Waals surface area contributed by atoms with Gasteiger partial charge in [-0.15, -0.1) is 23.5 Å². The lowest BCUT2D eigenvalue weighted by atomic mass is 10.0. The molecular weight excluding hydrogens is 480 g/mol. The van der Waals surface area contributed by atoms with Crippen molar-refractivity contribution in [2.24, 2.45) is 0 Å². The molecule has 0 radical (unpaired) electrons. The van der Waals surface area contributed by atoms with E-state index in [9.17, 15) is 19.5 Å². The van der Waals surface area contributed by atoms with Crippen molar-refractivity contribution in [1.29, 1.82) is 0 Å². The molecular formula is C27H24N2O4S2. The molecule has 2 aliphatic rings. The molecule has 2 N–H and O–H groups in total. The third kappa shape index (κ3) is 4.81. The lowest BCUT2D eigenvalue weighted by Crippen LogP contribution is -2.74. The fourth-order valence-electron chi connectivity index (χ4n) is 4.36. The van der Waals surface area contributed by atoms with Gasteiger partial charge in [-0.3, -0.25) is 14.4 Å². The average Bonchev–Trinajstić information content (AvgIpc) is 2.89. The van der Waals surface area contributed by atoms with Gasteiger partial charge in [-0.1, -0.05) is 72.8 Å². The quantitative estimate of drug-likeness (QED) is 0.475. The lowest BCUT2D eigenvalue weighted by molar-refractivity contribution is -0.152. The SMILES string of the molecule is O=C(Cc1ccccc1)NC1C(=O)N2CC(Sc3ccc(-c4ccccc4)cc3)(C(=O)O)CS[C@H]12. The first-order chi connectivity index (χ1) is 16.9. The number of carboxylic acids is 1. The lowest BCUT2D eigenvalue weighted by Gasteiger charge is -2.53. The van der Waals surface area contributed by atoms with Crippen LogP contribution in [0.15, 0.2) is 89.8 Å². The molecule has 2 aliphatic heterocycles. The van der Waals surface area contributed by atoms with Gasteiger partial charge in [-0.25, -0.2) is 0 Å². The van der Waals surface area contributed by atoms with E-state index in [1.165, 1.54) is 23.5 Å². The molecule has 0 bridgehead atoms. The Kier molecular flexibility index (Phi) is 6.58. The van der Waals surface area contributed by atoms with Crippen LogP contribution in [0.1, 0.15) is 5.56 Å². The Bertz CT molecular complexity index is 1240. The molecule has 2 saturated heterocycles. The fraction of sp³-hybridized carbons (Fsp3) is 0.222. The molecule has 6 nitrogen and oxygen atoms in total. The number of hydrogen-bond acceptors (Lipinski definition) is 5. The summed E-state index contributed by atoms with van der Waals surface area (Å²) >= 11 is 2.70. The van der Waals surface area contributed by atoms with Gasteiger partial charge in [0.15, 0.2) is 0 Å². The number of nitrogens with zero attached hydrogens (tertiary/aromatic N) is 1. The van der Waals surface area contributed by atoms with Crippen LogP contribution in [0, 0.1) is 0 Å². The van der Waals surface area contributed by atoms with Crippen LogP contribution in [-0.2, 0) is 20.8 Å². The summed E-state index contributed by atoms with van der Waals surface area (Å²) in [5.41, 5.74) is 3.04. The molecule has 0 aromatic heterocycles.